The summed E-state index contributed by atoms with van der Waals surface area (Å²) in [7, 11) is 1.78. The lowest BCUT2D eigenvalue weighted by Gasteiger charge is -2.08. The van der Waals surface area contributed by atoms with E-state index >= 15 is 0 Å². The van der Waals surface area contributed by atoms with Crippen LogP contribution >= 0.6 is 0 Å². The van der Waals surface area contributed by atoms with Gasteiger partial charge >= 0.3 is 0 Å². The average molecular weight is 210 g/mol. The second-order valence-corrected chi connectivity index (χ2v) is 3.87. The molecule has 2 rings (SSSR count). The van der Waals surface area contributed by atoms with Crippen molar-refractivity contribution >= 4 is 0 Å². The fourth-order valence-electron chi connectivity index (χ4n) is 1.37. The molecule has 1 aliphatic rings. The second-order valence-electron chi connectivity index (χ2n) is 3.87. The standard InChI is InChI=1S/C11H15FN2O/c1-13-6-9-4-5-14-11(10(9)12)15-7-8-2-3-8/h4-5,8,13H,2-3,6-7H2,1H3. The Morgan fingerprint density at radius 2 is 2.40 bits per heavy atom. The Balaban J connectivity index is 2.04. The Morgan fingerprint density at radius 3 is 3.07 bits per heavy atom. The summed E-state index contributed by atoms with van der Waals surface area (Å²) in [4.78, 5) is 3.90. The zero-order valence-electron chi connectivity index (χ0n) is 8.79. The molecule has 1 heterocycles. The Kier molecular flexibility index (Phi) is 3.16. The minimum Gasteiger partial charge on any atom is -0.475 e. The van der Waals surface area contributed by atoms with Gasteiger partial charge in [-0.25, -0.2) is 9.37 Å². The molecule has 1 aliphatic carbocycles. The molecule has 0 aromatic carbocycles. The molecule has 0 aliphatic heterocycles. The van der Waals surface area contributed by atoms with Crippen molar-refractivity contribution in [2.24, 2.45) is 5.92 Å². The molecule has 1 aromatic heterocycles. The summed E-state index contributed by atoms with van der Waals surface area (Å²) in [5.74, 6) is 0.404. The molecule has 0 saturated heterocycles. The van der Waals surface area contributed by atoms with Crippen molar-refractivity contribution in [3.63, 3.8) is 0 Å². The molecular formula is C11H15FN2O. The molecule has 0 atom stereocenters. The van der Waals surface area contributed by atoms with Crippen molar-refractivity contribution in [3.8, 4) is 5.88 Å². The van der Waals surface area contributed by atoms with Crippen LogP contribution in [0, 0.1) is 11.7 Å². The number of pyridine rings is 1. The first-order chi connectivity index (χ1) is 7.31. The maximum Gasteiger partial charge on any atom is 0.250 e. The normalized spacial score (nSPS) is 15.3. The molecule has 1 saturated carbocycles. The molecular weight excluding hydrogens is 195 g/mol. The van der Waals surface area contributed by atoms with E-state index in [-0.39, 0.29) is 11.7 Å². The third-order valence-electron chi connectivity index (χ3n) is 2.46. The van der Waals surface area contributed by atoms with E-state index in [2.05, 4.69) is 10.3 Å². The maximum atomic E-state index is 13.7. The van der Waals surface area contributed by atoms with Crippen molar-refractivity contribution in [2.75, 3.05) is 13.7 Å². The summed E-state index contributed by atoms with van der Waals surface area (Å²) in [5.41, 5.74) is 0.596. The fourth-order valence-corrected chi connectivity index (χ4v) is 1.37. The minimum atomic E-state index is -0.340. The summed E-state index contributed by atoms with van der Waals surface area (Å²) in [6, 6.07) is 1.66. The summed E-state index contributed by atoms with van der Waals surface area (Å²) in [6.07, 6.45) is 3.97. The van der Waals surface area contributed by atoms with Crippen molar-refractivity contribution in [1.82, 2.24) is 10.3 Å². The predicted molar refractivity (Wildman–Crippen MR) is 55.2 cm³/mol. The highest BCUT2D eigenvalue weighted by molar-refractivity contribution is 5.23. The number of nitrogens with one attached hydrogen (secondary N) is 1. The summed E-state index contributed by atoms with van der Waals surface area (Å²) in [5, 5.41) is 2.91. The lowest BCUT2D eigenvalue weighted by molar-refractivity contribution is 0.272. The molecule has 0 spiro atoms. The zero-order valence-corrected chi connectivity index (χ0v) is 8.79. The maximum absolute atomic E-state index is 13.7. The third-order valence-corrected chi connectivity index (χ3v) is 2.46. The van der Waals surface area contributed by atoms with Crippen LogP contribution < -0.4 is 10.1 Å². The Bertz CT molecular complexity index is 339. The highest BCUT2D eigenvalue weighted by Gasteiger charge is 2.23. The molecule has 3 nitrogen and oxygen atoms in total. The van der Waals surface area contributed by atoms with Crippen LogP contribution in [0.2, 0.25) is 0 Å². The van der Waals surface area contributed by atoms with E-state index in [1.165, 1.54) is 12.8 Å². The van der Waals surface area contributed by atoms with Crippen molar-refractivity contribution in [3.05, 3.63) is 23.6 Å². The lowest BCUT2D eigenvalue weighted by Crippen LogP contribution is -2.09. The number of ether oxygens (including phenoxy) is 1. The van der Waals surface area contributed by atoms with Gasteiger partial charge in [-0.2, -0.15) is 0 Å². The first-order valence-electron chi connectivity index (χ1n) is 5.22. The van der Waals surface area contributed by atoms with E-state index in [9.17, 15) is 4.39 Å². The highest BCUT2D eigenvalue weighted by Crippen LogP contribution is 2.29. The van der Waals surface area contributed by atoms with Crippen LogP contribution in [0.1, 0.15) is 18.4 Å². The van der Waals surface area contributed by atoms with Gasteiger partial charge in [0.05, 0.1) is 6.61 Å². The van der Waals surface area contributed by atoms with Crippen LogP contribution in [-0.4, -0.2) is 18.6 Å². The van der Waals surface area contributed by atoms with E-state index in [4.69, 9.17) is 4.74 Å². The highest BCUT2D eigenvalue weighted by atomic mass is 19.1. The fraction of sp³-hybridized carbons (Fsp3) is 0.545. The Labute approximate surface area is 88.7 Å². The molecule has 1 fully saturated rings. The minimum absolute atomic E-state index is 0.134. The van der Waals surface area contributed by atoms with Gasteiger partial charge in [0.2, 0.25) is 0 Å². The summed E-state index contributed by atoms with van der Waals surface area (Å²) >= 11 is 0. The van der Waals surface area contributed by atoms with Gasteiger partial charge < -0.3 is 10.1 Å². The predicted octanol–water partition coefficient (Wildman–Crippen LogP) is 1.73. The monoisotopic (exact) mass is 210 g/mol. The first kappa shape index (κ1) is 10.4. The van der Waals surface area contributed by atoms with Crippen LogP contribution in [0.15, 0.2) is 12.3 Å². The Morgan fingerprint density at radius 1 is 1.60 bits per heavy atom. The van der Waals surface area contributed by atoms with Crippen LogP contribution in [0.25, 0.3) is 0 Å². The van der Waals surface area contributed by atoms with Crippen LogP contribution in [-0.2, 0) is 6.54 Å². The summed E-state index contributed by atoms with van der Waals surface area (Å²) < 4.78 is 19.0. The van der Waals surface area contributed by atoms with Gasteiger partial charge in [-0.1, -0.05) is 0 Å². The molecule has 15 heavy (non-hydrogen) atoms. The molecule has 1 N–H and O–H groups in total. The number of hydrogen-bond acceptors (Lipinski definition) is 3. The number of halogens is 1. The quantitative estimate of drug-likeness (QED) is 0.803. The van der Waals surface area contributed by atoms with E-state index in [0.29, 0.717) is 24.6 Å². The number of hydrogen-bond donors (Lipinski definition) is 1. The van der Waals surface area contributed by atoms with Gasteiger partial charge in [-0.05, 0) is 31.9 Å². The second kappa shape index (κ2) is 4.57. The third kappa shape index (κ3) is 2.65. The van der Waals surface area contributed by atoms with Gasteiger partial charge in [0, 0.05) is 18.3 Å². The van der Waals surface area contributed by atoms with Crippen LogP contribution in [0.3, 0.4) is 0 Å². The average Bonchev–Trinajstić information content (AvgIpc) is 3.03. The van der Waals surface area contributed by atoms with Gasteiger partial charge in [0.1, 0.15) is 0 Å². The molecule has 0 amide bonds. The van der Waals surface area contributed by atoms with E-state index < -0.39 is 0 Å². The molecule has 0 bridgehead atoms. The van der Waals surface area contributed by atoms with Crippen LogP contribution in [0.5, 0.6) is 5.88 Å². The van der Waals surface area contributed by atoms with Crippen molar-refractivity contribution in [2.45, 2.75) is 19.4 Å². The SMILES string of the molecule is CNCc1ccnc(OCC2CC2)c1F. The number of aromatic nitrogens is 1. The summed E-state index contributed by atoms with van der Waals surface area (Å²) in [6.45, 7) is 1.08. The van der Waals surface area contributed by atoms with Crippen molar-refractivity contribution in [1.29, 1.82) is 0 Å². The first-order valence-corrected chi connectivity index (χ1v) is 5.22. The van der Waals surface area contributed by atoms with Gasteiger partial charge in [-0.3, -0.25) is 0 Å². The van der Waals surface area contributed by atoms with E-state index in [1.807, 2.05) is 0 Å². The largest absolute Gasteiger partial charge is 0.475 e. The van der Waals surface area contributed by atoms with Crippen LogP contribution in [0.4, 0.5) is 4.39 Å². The Hall–Kier alpha value is -1.16. The molecule has 0 radical (unpaired) electrons. The molecule has 0 unspecified atom stereocenters. The smallest absolute Gasteiger partial charge is 0.250 e. The number of nitrogens with zero attached hydrogens (tertiary/aromatic N) is 1. The topological polar surface area (TPSA) is 34.2 Å². The number of rotatable bonds is 5. The molecule has 82 valence electrons. The lowest BCUT2D eigenvalue weighted by atomic mass is 10.2. The van der Waals surface area contributed by atoms with Gasteiger partial charge in [0.15, 0.2) is 5.82 Å². The van der Waals surface area contributed by atoms with E-state index in [0.717, 1.165) is 0 Å². The van der Waals surface area contributed by atoms with Gasteiger partial charge in [0.25, 0.3) is 5.88 Å². The zero-order chi connectivity index (χ0) is 10.7. The molecule has 4 heteroatoms. The van der Waals surface area contributed by atoms with E-state index in [1.54, 1.807) is 19.3 Å². The van der Waals surface area contributed by atoms with Gasteiger partial charge in [-0.15, -0.1) is 0 Å². The molecule has 1 aromatic rings. The van der Waals surface area contributed by atoms with Crippen molar-refractivity contribution < 1.29 is 9.13 Å².